The molecule has 0 aliphatic carbocycles. The maximum Gasteiger partial charge on any atom is 0.287 e. The van der Waals surface area contributed by atoms with E-state index in [-0.39, 0.29) is 17.4 Å². The molecule has 0 saturated heterocycles. The lowest BCUT2D eigenvalue weighted by atomic mass is 10.4. The maximum absolute atomic E-state index is 11.3. The van der Waals surface area contributed by atoms with Gasteiger partial charge in [0.05, 0.1) is 7.05 Å². The summed E-state index contributed by atoms with van der Waals surface area (Å²) in [5.41, 5.74) is 4.30. The highest BCUT2D eigenvalue weighted by Gasteiger charge is 2.18. The summed E-state index contributed by atoms with van der Waals surface area (Å²) in [5, 5.41) is 6.91. The van der Waals surface area contributed by atoms with Gasteiger partial charge >= 0.3 is 0 Å². The lowest BCUT2D eigenvalue weighted by molar-refractivity contribution is 0.0938. The quantitative estimate of drug-likeness (QED) is 0.278. The minimum Gasteiger partial charge on any atom is -0.289 e. The average Bonchev–Trinajstić information content (AvgIpc) is 2.68. The zero-order chi connectivity index (χ0) is 12.1. The molecule has 1 heterocycles. The van der Waals surface area contributed by atoms with E-state index in [4.69, 9.17) is 5.84 Å². The lowest BCUT2D eigenvalue weighted by Gasteiger charge is -2.03. The van der Waals surface area contributed by atoms with Gasteiger partial charge in [-0.3, -0.25) is 19.6 Å². The third-order valence-corrected chi connectivity index (χ3v) is 1.71. The molecule has 1 aromatic heterocycles. The van der Waals surface area contributed by atoms with Gasteiger partial charge in [0.15, 0.2) is 11.5 Å². The van der Waals surface area contributed by atoms with Gasteiger partial charge < -0.3 is 0 Å². The number of amides is 1. The van der Waals surface area contributed by atoms with Crippen molar-refractivity contribution in [2.24, 2.45) is 16.2 Å². The number of hydrazine groups is 1. The molecule has 0 saturated carbocycles. The number of carbonyl (C=O) groups excluding carboxylic acids is 2. The summed E-state index contributed by atoms with van der Waals surface area (Å²) in [6.45, 7) is 1.32. The van der Waals surface area contributed by atoms with Crippen molar-refractivity contribution in [1.29, 1.82) is 0 Å². The minimum absolute atomic E-state index is 0.0369. The molecule has 0 radical (unpaired) electrons. The Morgan fingerprint density at radius 3 is 2.75 bits per heavy atom. The van der Waals surface area contributed by atoms with E-state index in [2.05, 4.69) is 20.7 Å². The standard InChI is InChI=1S/C7H11N7O2/c1-4(15)14-3-10-5(7(16)11-8)6(14)12-13-9-2/h3H,8H2,1-2H3,(H,9,12)(H,11,16). The second-order valence-electron chi connectivity index (χ2n) is 2.72. The molecule has 0 bridgehead atoms. The van der Waals surface area contributed by atoms with Crippen molar-refractivity contribution in [1.82, 2.24) is 15.0 Å². The van der Waals surface area contributed by atoms with E-state index < -0.39 is 5.91 Å². The van der Waals surface area contributed by atoms with Crippen LogP contribution in [-0.2, 0) is 0 Å². The number of aromatic nitrogens is 2. The van der Waals surface area contributed by atoms with Gasteiger partial charge in [0, 0.05) is 6.92 Å². The monoisotopic (exact) mass is 225 g/mol. The van der Waals surface area contributed by atoms with Crippen molar-refractivity contribution in [3.8, 4) is 0 Å². The SMILES string of the molecule is CN=NNc1c(C(=O)NN)ncn1C(C)=O. The van der Waals surface area contributed by atoms with Crippen LogP contribution in [-0.4, -0.2) is 28.4 Å². The van der Waals surface area contributed by atoms with Crippen LogP contribution in [0.15, 0.2) is 16.7 Å². The molecule has 4 N–H and O–H groups in total. The first-order chi connectivity index (χ1) is 7.61. The van der Waals surface area contributed by atoms with Crippen molar-refractivity contribution in [2.75, 3.05) is 12.5 Å². The van der Waals surface area contributed by atoms with Gasteiger partial charge in [0.25, 0.3) is 5.91 Å². The number of nitrogens with two attached hydrogens (primary N) is 1. The third-order valence-electron chi connectivity index (χ3n) is 1.71. The van der Waals surface area contributed by atoms with E-state index in [0.29, 0.717) is 0 Å². The van der Waals surface area contributed by atoms with Crippen molar-refractivity contribution < 1.29 is 9.59 Å². The number of hydrogen-bond donors (Lipinski definition) is 3. The fraction of sp³-hybridized carbons (Fsp3) is 0.286. The summed E-state index contributed by atoms with van der Waals surface area (Å²) in [6.07, 6.45) is 1.19. The Balaban J connectivity index is 3.18. The average molecular weight is 225 g/mol. The van der Waals surface area contributed by atoms with Gasteiger partial charge in [-0.25, -0.2) is 16.3 Å². The molecule has 0 unspecified atom stereocenters. The van der Waals surface area contributed by atoms with Crippen LogP contribution in [0.25, 0.3) is 0 Å². The fourth-order valence-corrected chi connectivity index (χ4v) is 1.03. The molecular weight excluding hydrogens is 214 g/mol. The summed E-state index contributed by atoms with van der Waals surface area (Å²) < 4.78 is 1.12. The molecule has 1 rings (SSSR count). The summed E-state index contributed by atoms with van der Waals surface area (Å²) >= 11 is 0. The highest BCUT2D eigenvalue weighted by molar-refractivity contribution is 5.98. The fourth-order valence-electron chi connectivity index (χ4n) is 1.03. The lowest BCUT2D eigenvalue weighted by Crippen LogP contribution is -2.31. The van der Waals surface area contributed by atoms with Crippen LogP contribution in [0.1, 0.15) is 22.2 Å². The van der Waals surface area contributed by atoms with Gasteiger partial charge in [-0.2, -0.15) is 5.11 Å². The van der Waals surface area contributed by atoms with E-state index in [1.54, 1.807) is 0 Å². The smallest absolute Gasteiger partial charge is 0.287 e. The maximum atomic E-state index is 11.3. The zero-order valence-corrected chi connectivity index (χ0v) is 8.76. The molecule has 0 aliphatic rings. The summed E-state index contributed by atoms with van der Waals surface area (Å²) in [6, 6.07) is 0. The van der Waals surface area contributed by atoms with E-state index >= 15 is 0 Å². The van der Waals surface area contributed by atoms with Gasteiger partial charge in [-0.1, -0.05) is 5.22 Å². The Morgan fingerprint density at radius 2 is 2.25 bits per heavy atom. The molecule has 0 aliphatic heterocycles. The Bertz CT molecular complexity index is 436. The first kappa shape index (κ1) is 11.8. The van der Waals surface area contributed by atoms with Crippen molar-refractivity contribution >= 4 is 17.6 Å². The predicted octanol–water partition coefficient (Wildman–Crippen LogP) is -0.444. The van der Waals surface area contributed by atoms with E-state index in [9.17, 15) is 9.59 Å². The topological polar surface area (TPSA) is 127 Å². The Labute approximate surface area is 90.7 Å². The summed E-state index contributed by atoms with van der Waals surface area (Å²) in [4.78, 5) is 26.2. The first-order valence-corrected chi connectivity index (χ1v) is 4.25. The van der Waals surface area contributed by atoms with E-state index in [0.717, 1.165) is 4.57 Å². The Kier molecular flexibility index (Phi) is 3.67. The van der Waals surface area contributed by atoms with Crippen LogP contribution in [0.5, 0.6) is 0 Å². The highest BCUT2D eigenvalue weighted by Crippen LogP contribution is 2.14. The van der Waals surface area contributed by atoms with Gasteiger partial charge in [-0.15, -0.1) is 0 Å². The molecular formula is C7H11N7O2. The van der Waals surface area contributed by atoms with Gasteiger partial charge in [0.1, 0.15) is 6.33 Å². The van der Waals surface area contributed by atoms with E-state index in [1.165, 1.54) is 20.3 Å². The predicted molar refractivity (Wildman–Crippen MR) is 54.6 cm³/mol. The van der Waals surface area contributed by atoms with Gasteiger partial charge in [0.2, 0.25) is 5.91 Å². The number of anilines is 1. The van der Waals surface area contributed by atoms with Crippen LogP contribution >= 0.6 is 0 Å². The molecule has 0 aromatic carbocycles. The van der Waals surface area contributed by atoms with Crippen LogP contribution in [0, 0.1) is 0 Å². The second kappa shape index (κ2) is 4.98. The number of rotatable bonds is 3. The first-order valence-electron chi connectivity index (χ1n) is 4.25. The van der Waals surface area contributed by atoms with Crippen molar-refractivity contribution in [3.63, 3.8) is 0 Å². The van der Waals surface area contributed by atoms with Crippen molar-refractivity contribution in [3.05, 3.63) is 12.0 Å². The molecule has 0 fully saturated rings. The second-order valence-corrected chi connectivity index (χ2v) is 2.72. The molecule has 1 aromatic rings. The third kappa shape index (κ3) is 2.20. The van der Waals surface area contributed by atoms with Gasteiger partial charge in [-0.05, 0) is 0 Å². The molecule has 86 valence electrons. The largest absolute Gasteiger partial charge is 0.289 e. The van der Waals surface area contributed by atoms with E-state index in [1.807, 2.05) is 5.43 Å². The highest BCUT2D eigenvalue weighted by atomic mass is 16.2. The zero-order valence-electron chi connectivity index (χ0n) is 8.76. The Morgan fingerprint density at radius 1 is 1.56 bits per heavy atom. The normalized spacial score (nSPS) is 10.4. The molecule has 16 heavy (non-hydrogen) atoms. The van der Waals surface area contributed by atoms with Crippen LogP contribution in [0.4, 0.5) is 5.82 Å². The summed E-state index contributed by atoms with van der Waals surface area (Å²) in [5.74, 6) is 4.13. The van der Waals surface area contributed by atoms with Crippen LogP contribution < -0.4 is 16.7 Å². The summed E-state index contributed by atoms with van der Waals surface area (Å²) in [7, 11) is 1.43. The number of imidazole rings is 1. The molecule has 1 amide bonds. The number of carbonyl (C=O) groups is 2. The molecule has 0 spiro atoms. The number of nitrogens with zero attached hydrogens (tertiary/aromatic N) is 4. The van der Waals surface area contributed by atoms with Crippen molar-refractivity contribution in [2.45, 2.75) is 6.92 Å². The molecule has 9 heteroatoms. The van der Waals surface area contributed by atoms with Crippen LogP contribution in [0.3, 0.4) is 0 Å². The number of hydrogen-bond acceptors (Lipinski definition) is 6. The van der Waals surface area contributed by atoms with Crippen LogP contribution in [0.2, 0.25) is 0 Å². The number of nitrogens with one attached hydrogen (secondary N) is 2. The molecule has 0 atom stereocenters. The molecule has 9 nitrogen and oxygen atoms in total. The minimum atomic E-state index is -0.631. The Hall–Kier alpha value is -2.29. The number of nitrogen functional groups attached to an aromatic ring is 1.